The number of hydrogen-bond donors (Lipinski definition) is 0. The molecule has 0 unspecified atom stereocenters. The van der Waals surface area contributed by atoms with E-state index in [0.717, 1.165) is 49.8 Å². The van der Waals surface area contributed by atoms with Gasteiger partial charge in [-0.3, -0.25) is 4.98 Å². The first kappa shape index (κ1) is 16.3. The lowest BCUT2D eigenvalue weighted by Crippen LogP contribution is -2.36. The van der Waals surface area contributed by atoms with Gasteiger partial charge in [0.2, 0.25) is 0 Å². The second-order valence-corrected chi connectivity index (χ2v) is 6.53. The third kappa shape index (κ3) is 3.42. The zero-order chi connectivity index (χ0) is 17.8. The van der Waals surface area contributed by atoms with E-state index in [4.69, 9.17) is 5.26 Å². The highest BCUT2D eigenvalue weighted by atomic mass is 15.2. The van der Waals surface area contributed by atoms with Gasteiger partial charge < -0.3 is 9.47 Å². The van der Waals surface area contributed by atoms with Gasteiger partial charge in [0.05, 0.1) is 23.9 Å². The van der Waals surface area contributed by atoms with Crippen molar-refractivity contribution in [2.45, 2.75) is 25.3 Å². The lowest BCUT2D eigenvalue weighted by atomic mass is 9.97. The van der Waals surface area contributed by atoms with Crippen LogP contribution in [0.4, 0.5) is 5.82 Å². The number of nitriles is 1. The van der Waals surface area contributed by atoms with Crippen molar-refractivity contribution < 1.29 is 0 Å². The fourth-order valence-electron chi connectivity index (χ4n) is 3.54. The molecule has 3 aromatic heterocycles. The van der Waals surface area contributed by atoms with E-state index >= 15 is 0 Å². The third-order valence-electron chi connectivity index (χ3n) is 4.79. The summed E-state index contributed by atoms with van der Waals surface area (Å²) in [5.41, 5.74) is 1.68. The molecule has 0 N–H and O–H groups in total. The summed E-state index contributed by atoms with van der Waals surface area (Å²) in [5.74, 6) is 2.31. The van der Waals surface area contributed by atoms with Crippen LogP contribution in [0.15, 0.2) is 55.1 Å². The predicted molar refractivity (Wildman–Crippen MR) is 98.7 cm³/mol. The molecule has 4 heterocycles. The van der Waals surface area contributed by atoms with Gasteiger partial charge in [-0.05, 0) is 37.1 Å². The van der Waals surface area contributed by atoms with Crippen molar-refractivity contribution in [2.24, 2.45) is 0 Å². The average Bonchev–Trinajstić information content (AvgIpc) is 3.17. The summed E-state index contributed by atoms with van der Waals surface area (Å²) in [6, 6.07) is 11.8. The van der Waals surface area contributed by atoms with Crippen LogP contribution in [0.2, 0.25) is 0 Å². The number of rotatable bonds is 4. The van der Waals surface area contributed by atoms with Crippen molar-refractivity contribution in [1.82, 2.24) is 19.5 Å². The van der Waals surface area contributed by atoms with E-state index in [2.05, 4.69) is 30.5 Å². The van der Waals surface area contributed by atoms with Crippen molar-refractivity contribution in [3.8, 4) is 6.07 Å². The van der Waals surface area contributed by atoms with Gasteiger partial charge in [-0.2, -0.15) is 5.26 Å². The van der Waals surface area contributed by atoms with Crippen LogP contribution in [0.1, 0.15) is 35.8 Å². The molecule has 26 heavy (non-hydrogen) atoms. The SMILES string of the molecule is N#Cc1ccnc(N2CCC[C@@H](c3nccn3Cc3ccccn3)C2)c1. The maximum Gasteiger partial charge on any atom is 0.129 e. The van der Waals surface area contributed by atoms with Crippen LogP contribution in [0.5, 0.6) is 0 Å². The van der Waals surface area contributed by atoms with E-state index in [1.165, 1.54) is 0 Å². The minimum atomic E-state index is 0.343. The van der Waals surface area contributed by atoms with E-state index in [1.54, 1.807) is 12.3 Å². The van der Waals surface area contributed by atoms with Crippen molar-refractivity contribution in [3.63, 3.8) is 0 Å². The molecule has 0 bridgehead atoms. The average molecular weight is 344 g/mol. The smallest absolute Gasteiger partial charge is 0.129 e. The summed E-state index contributed by atoms with van der Waals surface area (Å²) in [5, 5.41) is 9.12. The van der Waals surface area contributed by atoms with Gasteiger partial charge >= 0.3 is 0 Å². The number of anilines is 1. The van der Waals surface area contributed by atoms with Crippen LogP contribution in [-0.4, -0.2) is 32.6 Å². The van der Waals surface area contributed by atoms with Gasteiger partial charge in [-0.1, -0.05) is 6.07 Å². The summed E-state index contributed by atoms with van der Waals surface area (Å²) >= 11 is 0. The van der Waals surface area contributed by atoms with Crippen LogP contribution in [0, 0.1) is 11.3 Å². The number of hydrogen-bond acceptors (Lipinski definition) is 5. The van der Waals surface area contributed by atoms with Gasteiger partial charge in [0.25, 0.3) is 0 Å². The molecule has 6 nitrogen and oxygen atoms in total. The summed E-state index contributed by atoms with van der Waals surface area (Å²) in [4.78, 5) is 15.8. The summed E-state index contributed by atoms with van der Waals surface area (Å²) in [6.45, 7) is 2.55. The molecule has 130 valence electrons. The first-order valence-electron chi connectivity index (χ1n) is 8.85. The van der Waals surface area contributed by atoms with E-state index < -0.39 is 0 Å². The minimum absolute atomic E-state index is 0.343. The molecule has 1 aliphatic rings. The Morgan fingerprint density at radius 2 is 2.08 bits per heavy atom. The zero-order valence-corrected chi connectivity index (χ0v) is 14.5. The summed E-state index contributed by atoms with van der Waals surface area (Å²) in [6.07, 6.45) is 9.61. The Morgan fingerprint density at radius 3 is 2.92 bits per heavy atom. The third-order valence-corrected chi connectivity index (χ3v) is 4.79. The van der Waals surface area contributed by atoms with Crippen molar-refractivity contribution >= 4 is 5.82 Å². The largest absolute Gasteiger partial charge is 0.356 e. The number of piperidine rings is 1. The first-order valence-corrected chi connectivity index (χ1v) is 8.85. The molecule has 0 radical (unpaired) electrons. The van der Waals surface area contributed by atoms with Crippen LogP contribution >= 0.6 is 0 Å². The molecule has 1 fully saturated rings. The van der Waals surface area contributed by atoms with Crippen molar-refractivity contribution in [2.75, 3.05) is 18.0 Å². The molecule has 6 heteroatoms. The Bertz CT molecular complexity index is 911. The summed E-state index contributed by atoms with van der Waals surface area (Å²) in [7, 11) is 0. The molecule has 0 amide bonds. The molecule has 0 aromatic carbocycles. The Morgan fingerprint density at radius 1 is 1.12 bits per heavy atom. The maximum absolute atomic E-state index is 9.12. The zero-order valence-electron chi connectivity index (χ0n) is 14.5. The standard InChI is InChI=1S/C20H20N6/c21-13-16-6-8-23-19(12-16)25-10-3-4-17(14-25)20-24-9-11-26(20)15-18-5-1-2-7-22-18/h1-2,5-9,11-12,17H,3-4,10,14-15H2/t17-/m1/s1. The van der Waals surface area contributed by atoms with Crippen LogP contribution in [-0.2, 0) is 6.54 Å². The minimum Gasteiger partial charge on any atom is -0.356 e. The molecule has 0 aliphatic carbocycles. The maximum atomic E-state index is 9.12. The second-order valence-electron chi connectivity index (χ2n) is 6.53. The number of nitrogens with zero attached hydrogens (tertiary/aromatic N) is 6. The van der Waals surface area contributed by atoms with E-state index in [1.807, 2.05) is 42.9 Å². The topological polar surface area (TPSA) is 70.6 Å². The van der Waals surface area contributed by atoms with Crippen molar-refractivity contribution in [1.29, 1.82) is 5.26 Å². The Kier molecular flexibility index (Phi) is 4.61. The highest BCUT2D eigenvalue weighted by molar-refractivity contribution is 5.45. The van der Waals surface area contributed by atoms with Crippen LogP contribution in [0.25, 0.3) is 0 Å². The molecule has 1 atom stereocenters. The lowest BCUT2D eigenvalue weighted by molar-refractivity contribution is 0.473. The highest BCUT2D eigenvalue weighted by Gasteiger charge is 2.25. The number of imidazole rings is 1. The van der Waals surface area contributed by atoms with Gasteiger partial charge in [0.15, 0.2) is 0 Å². The monoisotopic (exact) mass is 344 g/mol. The highest BCUT2D eigenvalue weighted by Crippen LogP contribution is 2.28. The van der Waals surface area contributed by atoms with Crippen molar-refractivity contribution in [3.05, 3.63) is 72.2 Å². The Labute approximate surface area is 152 Å². The second kappa shape index (κ2) is 7.36. The van der Waals surface area contributed by atoms with E-state index in [0.29, 0.717) is 11.5 Å². The molecule has 0 spiro atoms. The molecule has 4 rings (SSSR count). The van der Waals surface area contributed by atoms with Gasteiger partial charge in [0.1, 0.15) is 11.6 Å². The van der Waals surface area contributed by atoms with Gasteiger partial charge in [0, 0.05) is 43.8 Å². The number of pyridine rings is 2. The van der Waals surface area contributed by atoms with Gasteiger partial charge in [-0.15, -0.1) is 0 Å². The molecule has 0 saturated carbocycles. The van der Waals surface area contributed by atoms with Crippen LogP contribution < -0.4 is 4.90 Å². The molecule has 1 aliphatic heterocycles. The normalized spacial score (nSPS) is 17.0. The fraction of sp³-hybridized carbons (Fsp3) is 0.300. The first-order chi connectivity index (χ1) is 12.8. The van der Waals surface area contributed by atoms with E-state index in [9.17, 15) is 0 Å². The fourth-order valence-corrected chi connectivity index (χ4v) is 3.54. The summed E-state index contributed by atoms with van der Waals surface area (Å²) < 4.78 is 2.19. The molecular weight excluding hydrogens is 324 g/mol. The molecule has 3 aromatic rings. The molecular formula is C20H20N6. The lowest BCUT2D eigenvalue weighted by Gasteiger charge is -2.33. The van der Waals surface area contributed by atoms with Gasteiger partial charge in [-0.25, -0.2) is 9.97 Å². The Hall–Kier alpha value is -3.20. The van der Waals surface area contributed by atoms with E-state index in [-0.39, 0.29) is 0 Å². The van der Waals surface area contributed by atoms with Crippen LogP contribution in [0.3, 0.4) is 0 Å². The predicted octanol–water partition coefficient (Wildman–Crippen LogP) is 2.98. The molecule has 1 saturated heterocycles. The Balaban J connectivity index is 1.53. The quantitative estimate of drug-likeness (QED) is 0.728. The number of aromatic nitrogens is 4.